The topological polar surface area (TPSA) is 45.2 Å². The molecule has 3 aliphatic rings. The zero-order valence-corrected chi connectivity index (χ0v) is 25.9. The Morgan fingerprint density at radius 3 is 2.02 bits per heavy atom. The first-order valence-electron chi connectivity index (χ1n) is 15.2. The Balaban J connectivity index is 0.00000220. The molecule has 5 rings (SSSR count). The monoisotopic (exact) mass is 592 g/mol. The van der Waals surface area contributed by atoms with E-state index in [1.165, 1.54) is 62.7 Å². The van der Waals surface area contributed by atoms with E-state index in [0.29, 0.717) is 6.61 Å². The van der Waals surface area contributed by atoms with Crippen LogP contribution in [0.2, 0.25) is 0 Å². The van der Waals surface area contributed by atoms with E-state index in [-0.39, 0.29) is 30.7 Å². The zero-order chi connectivity index (χ0) is 26.2. The molecule has 2 saturated heterocycles. The van der Waals surface area contributed by atoms with Crippen LogP contribution in [0.3, 0.4) is 0 Å². The minimum atomic E-state index is -0.599. The SMILES string of the molecule is COc1ccc(CCOc2ccc(C(CN3CCC(N4CCCCC4)CC3)C3(O)CCCCC3)cc2)cc1.Cl.Cl. The maximum Gasteiger partial charge on any atom is 0.119 e. The summed E-state index contributed by atoms with van der Waals surface area (Å²) in [6.45, 7) is 6.50. The average Bonchev–Trinajstić information content (AvgIpc) is 2.98. The van der Waals surface area contributed by atoms with Gasteiger partial charge in [-0.1, -0.05) is 49.9 Å². The number of benzene rings is 2. The van der Waals surface area contributed by atoms with Crippen LogP contribution in [0, 0.1) is 0 Å². The summed E-state index contributed by atoms with van der Waals surface area (Å²) in [5, 5.41) is 11.9. The first-order valence-corrected chi connectivity index (χ1v) is 15.2. The van der Waals surface area contributed by atoms with Crippen molar-refractivity contribution in [2.75, 3.05) is 46.4 Å². The maximum atomic E-state index is 11.9. The number of rotatable bonds is 10. The number of methoxy groups -OCH3 is 1. The minimum Gasteiger partial charge on any atom is -0.497 e. The van der Waals surface area contributed by atoms with Crippen LogP contribution in [0.4, 0.5) is 0 Å². The van der Waals surface area contributed by atoms with E-state index in [0.717, 1.165) is 69.3 Å². The fourth-order valence-corrected chi connectivity index (χ4v) is 6.98. The van der Waals surface area contributed by atoms with Crippen LogP contribution in [-0.4, -0.2) is 73.0 Å². The number of nitrogens with zero attached hydrogens (tertiary/aromatic N) is 2. The molecule has 0 bridgehead atoms. The van der Waals surface area contributed by atoms with Gasteiger partial charge in [0.1, 0.15) is 11.5 Å². The van der Waals surface area contributed by atoms with Crippen LogP contribution in [0.1, 0.15) is 81.3 Å². The van der Waals surface area contributed by atoms with Crippen molar-refractivity contribution in [3.63, 3.8) is 0 Å². The van der Waals surface area contributed by atoms with Crippen molar-refractivity contribution >= 4 is 24.8 Å². The fourth-order valence-electron chi connectivity index (χ4n) is 6.98. The molecule has 224 valence electrons. The zero-order valence-electron chi connectivity index (χ0n) is 24.3. The van der Waals surface area contributed by atoms with Crippen molar-refractivity contribution in [3.8, 4) is 11.5 Å². The van der Waals surface area contributed by atoms with Gasteiger partial charge in [0.05, 0.1) is 19.3 Å². The first kappa shape index (κ1) is 33.0. The second-order valence-electron chi connectivity index (χ2n) is 11.9. The van der Waals surface area contributed by atoms with Gasteiger partial charge in [-0.3, -0.25) is 0 Å². The second kappa shape index (κ2) is 16.2. The van der Waals surface area contributed by atoms with Crippen molar-refractivity contribution in [1.29, 1.82) is 0 Å². The molecule has 5 nitrogen and oxygen atoms in total. The minimum absolute atomic E-state index is 0. The van der Waals surface area contributed by atoms with Crippen LogP contribution < -0.4 is 9.47 Å². The van der Waals surface area contributed by atoms with E-state index in [1.807, 2.05) is 12.1 Å². The fraction of sp³-hybridized carbons (Fsp3) is 0.636. The van der Waals surface area contributed by atoms with Gasteiger partial charge in [0.2, 0.25) is 0 Å². The number of hydrogen-bond donors (Lipinski definition) is 1. The lowest BCUT2D eigenvalue weighted by atomic mass is 9.72. The van der Waals surface area contributed by atoms with Crippen LogP contribution in [0.25, 0.3) is 0 Å². The van der Waals surface area contributed by atoms with E-state index in [4.69, 9.17) is 9.47 Å². The van der Waals surface area contributed by atoms with Crippen LogP contribution in [0.5, 0.6) is 11.5 Å². The maximum absolute atomic E-state index is 11.9. The van der Waals surface area contributed by atoms with Crippen molar-refractivity contribution < 1.29 is 14.6 Å². The van der Waals surface area contributed by atoms with Crippen molar-refractivity contribution in [1.82, 2.24) is 9.80 Å². The number of piperidine rings is 2. The summed E-state index contributed by atoms with van der Waals surface area (Å²) in [7, 11) is 1.69. The number of ether oxygens (including phenoxy) is 2. The van der Waals surface area contributed by atoms with Gasteiger partial charge in [0.25, 0.3) is 0 Å². The van der Waals surface area contributed by atoms with E-state index in [1.54, 1.807) is 7.11 Å². The molecule has 0 radical (unpaired) electrons. The molecule has 2 heterocycles. The molecule has 7 heteroatoms. The summed E-state index contributed by atoms with van der Waals surface area (Å²) in [6.07, 6.45) is 12.9. The summed E-state index contributed by atoms with van der Waals surface area (Å²) in [6, 6.07) is 17.6. The summed E-state index contributed by atoms with van der Waals surface area (Å²) in [5.74, 6) is 1.94. The predicted molar refractivity (Wildman–Crippen MR) is 169 cm³/mol. The largest absolute Gasteiger partial charge is 0.497 e. The molecule has 1 unspecified atom stereocenters. The molecular weight excluding hydrogens is 543 g/mol. The van der Waals surface area contributed by atoms with Crippen molar-refractivity contribution in [2.45, 2.75) is 88.2 Å². The average molecular weight is 594 g/mol. The van der Waals surface area contributed by atoms with E-state index in [2.05, 4.69) is 46.2 Å². The molecule has 2 aromatic carbocycles. The van der Waals surface area contributed by atoms with Crippen molar-refractivity contribution in [3.05, 3.63) is 59.7 Å². The van der Waals surface area contributed by atoms with Crippen LogP contribution >= 0.6 is 24.8 Å². The lowest BCUT2D eigenvalue weighted by Crippen LogP contribution is -2.50. The molecule has 2 aromatic rings. The molecule has 1 N–H and O–H groups in total. The van der Waals surface area contributed by atoms with E-state index >= 15 is 0 Å². The molecule has 0 amide bonds. The number of aliphatic hydroxyl groups is 1. The van der Waals surface area contributed by atoms with E-state index < -0.39 is 5.60 Å². The Labute approximate surface area is 254 Å². The van der Waals surface area contributed by atoms with Crippen LogP contribution in [-0.2, 0) is 6.42 Å². The highest BCUT2D eigenvalue weighted by atomic mass is 35.5. The molecule has 3 fully saturated rings. The van der Waals surface area contributed by atoms with Gasteiger partial charge in [-0.05, 0) is 100 Å². The molecule has 1 saturated carbocycles. The lowest BCUT2D eigenvalue weighted by molar-refractivity contribution is -0.0343. The van der Waals surface area contributed by atoms with Gasteiger partial charge in [-0.15, -0.1) is 24.8 Å². The van der Waals surface area contributed by atoms with Gasteiger partial charge in [-0.2, -0.15) is 0 Å². The second-order valence-corrected chi connectivity index (χ2v) is 11.9. The highest BCUT2D eigenvalue weighted by molar-refractivity contribution is 5.85. The molecule has 2 aliphatic heterocycles. The highest BCUT2D eigenvalue weighted by Gasteiger charge is 2.40. The Morgan fingerprint density at radius 1 is 0.800 bits per heavy atom. The third kappa shape index (κ3) is 8.75. The molecule has 1 atom stereocenters. The highest BCUT2D eigenvalue weighted by Crippen LogP contribution is 2.41. The number of hydrogen-bond acceptors (Lipinski definition) is 5. The Kier molecular flexibility index (Phi) is 13.4. The quantitative estimate of drug-likeness (QED) is 0.325. The molecule has 1 aliphatic carbocycles. The summed E-state index contributed by atoms with van der Waals surface area (Å²) in [5.41, 5.74) is 1.90. The standard InChI is InChI=1S/C33H48N2O3.2ClH/c1-37-30-12-8-27(9-13-30)18-25-38-31-14-10-28(11-15-31)32(33(36)19-4-2-5-20-33)26-34-23-16-29(17-24-34)35-21-6-3-7-22-35;;/h8-15,29,32,36H,2-7,16-26H2,1H3;2*1H. The Bertz CT molecular complexity index is 968. The first-order chi connectivity index (χ1) is 18.6. The third-order valence-corrected chi connectivity index (χ3v) is 9.37. The molecule has 40 heavy (non-hydrogen) atoms. The molecule has 0 aromatic heterocycles. The van der Waals surface area contributed by atoms with Gasteiger partial charge in [-0.25, -0.2) is 0 Å². The molecular formula is C33H50Cl2N2O3. The summed E-state index contributed by atoms with van der Waals surface area (Å²) >= 11 is 0. The number of likely N-dealkylation sites (tertiary alicyclic amines) is 2. The smallest absolute Gasteiger partial charge is 0.119 e. The third-order valence-electron chi connectivity index (χ3n) is 9.37. The predicted octanol–water partition coefficient (Wildman–Crippen LogP) is 6.89. The van der Waals surface area contributed by atoms with Crippen molar-refractivity contribution in [2.24, 2.45) is 0 Å². The summed E-state index contributed by atoms with van der Waals surface area (Å²) in [4.78, 5) is 5.39. The van der Waals surface area contributed by atoms with Crippen LogP contribution in [0.15, 0.2) is 48.5 Å². The van der Waals surface area contributed by atoms with E-state index in [9.17, 15) is 5.11 Å². The number of halogens is 2. The Hall–Kier alpha value is -1.50. The molecule has 0 spiro atoms. The van der Waals surface area contributed by atoms with Gasteiger partial charge in [0, 0.05) is 24.9 Å². The van der Waals surface area contributed by atoms with Gasteiger partial charge < -0.3 is 24.4 Å². The normalized spacial score (nSPS) is 21.1. The van der Waals surface area contributed by atoms with Gasteiger partial charge >= 0.3 is 0 Å². The summed E-state index contributed by atoms with van der Waals surface area (Å²) < 4.78 is 11.3. The Morgan fingerprint density at radius 2 is 1.40 bits per heavy atom. The lowest BCUT2D eigenvalue weighted by Gasteiger charge is -2.44. The van der Waals surface area contributed by atoms with Gasteiger partial charge in [0.15, 0.2) is 0 Å².